The SMILES string of the molecule is N#CC(NCCO)C1CC=CCC1. The first-order valence-corrected chi connectivity index (χ1v) is 4.77. The summed E-state index contributed by atoms with van der Waals surface area (Å²) < 4.78 is 0. The summed E-state index contributed by atoms with van der Waals surface area (Å²) in [7, 11) is 0. The highest BCUT2D eigenvalue weighted by molar-refractivity contribution is 5.01. The summed E-state index contributed by atoms with van der Waals surface area (Å²) in [6.07, 6.45) is 7.43. The Labute approximate surface area is 79.1 Å². The average molecular weight is 180 g/mol. The molecule has 0 aromatic heterocycles. The number of aliphatic hydroxyl groups excluding tert-OH is 1. The highest BCUT2D eigenvalue weighted by Gasteiger charge is 2.20. The Morgan fingerprint density at radius 1 is 1.62 bits per heavy atom. The number of hydrogen-bond acceptors (Lipinski definition) is 3. The van der Waals surface area contributed by atoms with Gasteiger partial charge in [-0.05, 0) is 25.2 Å². The van der Waals surface area contributed by atoms with Crippen LogP contribution < -0.4 is 5.32 Å². The van der Waals surface area contributed by atoms with Gasteiger partial charge in [-0.25, -0.2) is 0 Å². The van der Waals surface area contributed by atoms with Crippen LogP contribution in [-0.4, -0.2) is 24.3 Å². The molecule has 0 heterocycles. The van der Waals surface area contributed by atoms with Crippen molar-refractivity contribution in [2.75, 3.05) is 13.2 Å². The smallest absolute Gasteiger partial charge is 0.0985 e. The van der Waals surface area contributed by atoms with E-state index in [4.69, 9.17) is 10.4 Å². The molecule has 1 rings (SSSR count). The Bertz CT molecular complexity index is 207. The molecule has 1 aliphatic rings. The third kappa shape index (κ3) is 3.17. The largest absolute Gasteiger partial charge is 0.395 e. The first-order valence-electron chi connectivity index (χ1n) is 4.77. The average Bonchev–Trinajstić information content (AvgIpc) is 2.21. The van der Waals surface area contributed by atoms with Crippen LogP contribution in [0.2, 0.25) is 0 Å². The molecule has 0 spiro atoms. The Morgan fingerprint density at radius 2 is 2.46 bits per heavy atom. The zero-order valence-electron chi connectivity index (χ0n) is 7.74. The molecule has 0 fully saturated rings. The topological polar surface area (TPSA) is 56.0 Å². The maximum Gasteiger partial charge on any atom is 0.0985 e. The molecule has 1 aliphatic carbocycles. The zero-order chi connectivity index (χ0) is 9.52. The standard InChI is InChI=1S/C10H16N2O/c11-8-10(12-6-7-13)9-4-2-1-3-5-9/h1-2,9-10,12-13H,3-7H2. The van der Waals surface area contributed by atoms with Crippen molar-refractivity contribution < 1.29 is 5.11 Å². The van der Waals surface area contributed by atoms with Crippen molar-refractivity contribution in [1.29, 1.82) is 5.26 Å². The maximum absolute atomic E-state index is 8.89. The third-order valence-corrected chi connectivity index (χ3v) is 2.40. The van der Waals surface area contributed by atoms with Crippen molar-refractivity contribution in [1.82, 2.24) is 5.32 Å². The van der Waals surface area contributed by atoms with Crippen molar-refractivity contribution in [2.24, 2.45) is 5.92 Å². The molecule has 0 bridgehead atoms. The minimum absolute atomic E-state index is 0.0980. The minimum atomic E-state index is -0.0999. The van der Waals surface area contributed by atoms with Crippen molar-refractivity contribution in [2.45, 2.75) is 25.3 Å². The lowest BCUT2D eigenvalue weighted by molar-refractivity contribution is 0.276. The fraction of sp³-hybridized carbons (Fsp3) is 0.700. The molecule has 0 amide bonds. The summed E-state index contributed by atoms with van der Waals surface area (Å²) in [5.74, 6) is 0.418. The van der Waals surface area contributed by atoms with Crippen LogP contribution in [0.25, 0.3) is 0 Å². The van der Waals surface area contributed by atoms with Gasteiger partial charge in [0.25, 0.3) is 0 Å². The van der Waals surface area contributed by atoms with Crippen LogP contribution in [0.1, 0.15) is 19.3 Å². The van der Waals surface area contributed by atoms with Crippen molar-refractivity contribution in [3.05, 3.63) is 12.2 Å². The number of rotatable bonds is 4. The van der Waals surface area contributed by atoms with Gasteiger partial charge in [0, 0.05) is 6.54 Å². The molecule has 0 aromatic carbocycles. The summed E-state index contributed by atoms with van der Waals surface area (Å²) in [5, 5.41) is 20.6. The predicted molar refractivity (Wildman–Crippen MR) is 51.0 cm³/mol. The molecule has 3 nitrogen and oxygen atoms in total. The van der Waals surface area contributed by atoms with Gasteiger partial charge in [-0.3, -0.25) is 5.32 Å². The normalized spacial score (nSPS) is 23.8. The quantitative estimate of drug-likeness (QED) is 0.630. The Balaban J connectivity index is 2.37. The van der Waals surface area contributed by atoms with Crippen molar-refractivity contribution in [3.8, 4) is 6.07 Å². The zero-order valence-corrected chi connectivity index (χ0v) is 7.74. The number of nitrogens with one attached hydrogen (secondary N) is 1. The van der Waals surface area contributed by atoms with Gasteiger partial charge in [0.15, 0.2) is 0 Å². The van der Waals surface area contributed by atoms with Gasteiger partial charge in [0.1, 0.15) is 0 Å². The molecule has 0 radical (unpaired) electrons. The molecular weight excluding hydrogens is 164 g/mol. The van der Waals surface area contributed by atoms with Gasteiger partial charge in [-0.15, -0.1) is 0 Å². The molecule has 0 aliphatic heterocycles. The number of allylic oxidation sites excluding steroid dienone is 2. The van der Waals surface area contributed by atoms with Gasteiger partial charge in [-0.1, -0.05) is 12.2 Å². The molecule has 0 aromatic rings. The van der Waals surface area contributed by atoms with E-state index in [1.54, 1.807) is 0 Å². The number of aliphatic hydroxyl groups is 1. The number of nitriles is 1. The lowest BCUT2D eigenvalue weighted by atomic mass is 9.88. The summed E-state index contributed by atoms with van der Waals surface area (Å²) in [4.78, 5) is 0. The first-order chi connectivity index (χ1) is 6.38. The van der Waals surface area contributed by atoms with Crippen molar-refractivity contribution >= 4 is 0 Å². The van der Waals surface area contributed by atoms with Gasteiger partial charge in [0.2, 0.25) is 0 Å². The Kier molecular flexibility index (Phi) is 4.52. The predicted octanol–water partition coefficient (Wildman–Crippen LogP) is 0.817. The van der Waals surface area contributed by atoms with Crippen LogP contribution in [0.5, 0.6) is 0 Å². The van der Waals surface area contributed by atoms with E-state index in [1.165, 1.54) is 0 Å². The highest BCUT2D eigenvalue weighted by Crippen LogP contribution is 2.21. The lowest BCUT2D eigenvalue weighted by Crippen LogP contribution is -2.37. The van der Waals surface area contributed by atoms with Crippen LogP contribution in [0.15, 0.2) is 12.2 Å². The van der Waals surface area contributed by atoms with Crippen LogP contribution in [-0.2, 0) is 0 Å². The van der Waals surface area contributed by atoms with E-state index in [2.05, 4.69) is 23.5 Å². The maximum atomic E-state index is 8.89. The van der Waals surface area contributed by atoms with Gasteiger partial charge in [-0.2, -0.15) is 5.26 Å². The van der Waals surface area contributed by atoms with E-state index in [-0.39, 0.29) is 12.6 Å². The molecule has 2 atom stereocenters. The van der Waals surface area contributed by atoms with E-state index >= 15 is 0 Å². The second-order valence-electron chi connectivity index (χ2n) is 3.33. The number of nitrogens with zero attached hydrogens (tertiary/aromatic N) is 1. The molecule has 13 heavy (non-hydrogen) atoms. The summed E-state index contributed by atoms with van der Waals surface area (Å²) >= 11 is 0. The lowest BCUT2D eigenvalue weighted by Gasteiger charge is -2.23. The second kappa shape index (κ2) is 5.74. The second-order valence-corrected chi connectivity index (χ2v) is 3.33. The summed E-state index contributed by atoms with van der Waals surface area (Å²) in [5.41, 5.74) is 0. The summed E-state index contributed by atoms with van der Waals surface area (Å²) in [6.45, 7) is 0.610. The molecule has 0 saturated heterocycles. The molecule has 0 saturated carbocycles. The number of hydrogen-bond donors (Lipinski definition) is 2. The highest BCUT2D eigenvalue weighted by atomic mass is 16.3. The third-order valence-electron chi connectivity index (χ3n) is 2.40. The Hall–Kier alpha value is -0.850. The molecule has 2 unspecified atom stereocenters. The van der Waals surface area contributed by atoms with Crippen LogP contribution in [0, 0.1) is 17.2 Å². The Morgan fingerprint density at radius 3 is 3.00 bits per heavy atom. The van der Waals surface area contributed by atoms with Crippen LogP contribution in [0.3, 0.4) is 0 Å². The van der Waals surface area contributed by atoms with E-state index in [0.717, 1.165) is 19.3 Å². The van der Waals surface area contributed by atoms with Gasteiger partial charge >= 0.3 is 0 Å². The minimum Gasteiger partial charge on any atom is -0.395 e. The van der Waals surface area contributed by atoms with E-state index in [0.29, 0.717) is 12.5 Å². The van der Waals surface area contributed by atoms with Crippen molar-refractivity contribution in [3.63, 3.8) is 0 Å². The molecule has 72 valence electrons. The molecular formula is C10H16N2O. The van der Waals surface area contributed by atoms with Crippen LogP contribution >= 0.6 is 0 Å². The van der Waals surface area contributed by atoms with E-state index in [1.807, 2.05) is 0 Å². The fourth-order valence-corrected chi connectivity index (χ4v) is 1.66. The molecule has 2 N–H and O–H groups in total. The van der Waals surface area contributed by atoms with Gasteiger partial charge < -0.3 is 5.11 Å². The van der Waals surface area contributed by atoms with E-state index in [9.17, 15) is 0 Å². The van der Waals surface area contributed by atoms with E-state index < -0.39 is 0 Å². The summed E-state index contributed by atoms with van der Waals surface area (Å²) in [6, 6.07) is 2.15. The van der Waals surface area contributed by atoms with Crippen LogP contribution in [0.4, 0.5) is 0 Å². The molecule has 3 heteroatoms. The monoisotopic (exact) mass is 180 g/mol. The fourth-order valence-electron chi connectivity index (χ4n) is 1.66. The first kappa shape index (κ1) is 10.2. The van der Waals surface area contributed by atoms with Gasteiger partial charge in [0.05, 0.1) is 18.7 Å².